The van der Waals surface area contributed by atoms with Gasteiger partial charge in [0.1, 0.15) is 5.75 Å². The van der Waals surface area contributed by atoms with Gasteiger partial charge in [0.05, 0.1) is 27.4 Å². The Labute approximate surface area is 171 Å². The molecule has 1 atom stereocenters. The fourth-order valence-corrected chi connectivity index (χ4v) is 3.14. The number of ether oxygens (including phenoxy) is 3. The van der Waals surface area contributed by atoms with Crippen LogP contribution in [0.5, 0.6) is 17.2 Å². The molecule has 1 N–H and O–H groups in total. The largest absolute Gasteiger partial charge is 0.497 e. The second-order valence-corrected chi connectivity index (χ2v) is 6.53. The molecule has 0 aliphatic rings. The van der Waals surface area contributed by atoms with E-state index in [1.165, 1.54) is 0 Å². The van der Waals surface area contributed by atoms with E-state index in [1.807, 2.05) is 54.6 Å². The van der Waals surface area contributed by atoms with E-state index in [2.05, 4.69) is 5.32 Å². The second-order valence-electron chi connectivity index (χ2n) is 6.53. The van der Waals surface area contributed by atoms with Gasteiger partial charge < -0.3 is 19.5 Å². The number of hydrogen-bond acceptors (Lipinski definition) is 5. The Bertz CT molecular complexity index is 939. The molecule has 3 rings (SSSR count). The molecule has 29 heavy (non-hydrogen) atoms. The number of nitrogens with one attached hydrogen (secondary N) is 1. The predicted octanol–water partition coefficient (Wildman–Crippen LogP) is 5.14. The van der Waals surface area contributed by atoms with Crippen molar-refractivity contribution in [2.45, 2.75) is 12.5 Å². The molecule has 1 unspecified atom stereocenters. The maximum atomic E-state index is 13.0. The van der Waals surface area contributed by atoms with Crippen molar-refractivity contribution in [2.75, 3.05) is 26.6 Å². The monoisotopic (exact) mass is 391 g/mol. The Morgan fingerprint density at radius 1 is 0.828 bits per heavy atom. The molecule has 0 saturated carbocycles. The Kier molecular flexibility index (Phi) is 6.74. The van der Waals surface area contributed by atoms with Gasteiger partial charge >= 0.3 is 0 Å². The number of Topliss-reactive ketones (excluding diaryl/α,β-unsaturated/α-hetero) is 1. The average molecular weight is 391 g/mol. The highest BCUT2D eigenvalue weighted by atomic mass is 16.5. The molecule has 0 heterocycles. The number of hydrogen-bond donors (Lipinski definition) is 1. The zero-order valence-corrected chi connectivity index (χ0v) is 16.8. The van der Waals surface area contributed by atoms with Gasteiger partial charge in [0.25, 0.3) is 0 Å². The molecule has 0 aliphatic carbocycles. The molecule has 0 aromatic heterocycles. The van der Waals surface area contributed by atoms with E-state index < -0.39 is 0 Å². The van der Waals surface area contributed by atoms with Gasteiger partial charge in [0.2, 0.25) is 0 Å². The first-order chi connectivity index (χ1) is 14.1. The van der Waals surface area contributed by atoms with Gasteiger partial charge in [0, 0.05) is 17.7 Å². The SMILES string of the molecule is COc1ccc(NC(CC(=O)c2ccc(OC)c(OC)c2)c2ccccc2)cc1. The van der Waals surface area contributed by atoms with E-state index >= 15 is 0 Å². The third-order valence-corrected chi connectivity index (χ3v) is 4.73. The summed E-state index contributed by atoms with van der Waals surface area (Å²) in [6.45, 7) is 0. The molecule has 0 fully saturated rings. The van der Waals surface area contributed by atoms with Crippen molar-refractivity contribution in [1.82, 2.24) is 0 Å². The quantitative estimate of drug-likeness (QED) is 0.512. The first-order valence-electron chi connectivity index (χ1n) is 9.35. The molecule has 0 aliphatic heterocycles. The van der Waals surface area contributed by atoms with Gasteiger partial charge in [0.15, 0.2) is 17.3 Å². The summed E-state index contributed by atoms with van der Waals surface area (Å²) in [4.78, 5) is 13.0. The fourth-order valence-electron chi connectivity index (χ4n) is 3.14. The Morgan fingerprint density at radius 3 is 2.14 bits per heavy atom. The van der Waals surface area contributed by atoms with Crippen molar-refractivity contribution >= 4 is 11.5 Å². The van der Waals surface area contributed by atoms with Crippen LogP contribution in [-0.2, 0) is 0 Å². The number of ketones is 1. The Morgan fingerprint density at radius 2 is 1.52 bits per heavy atom. The lowest BCUT2D eigenvalue weighted by atomic mass is 9.97. The van der Waals surface area contributed by atoms with E-state index in [0.717, 1.165) is 17.0 Å². The summed E-state index contributed by atoms with van der Waals surface area (Å²) in [7, 11) is 4.77. The fraction of sp³-hybridized carbons (Fsp3) is 0.208. The van der Waals surface area contributed by atoms with Gasteiger partial charge in [-0.1, -0.05) is 30.3 Å². The summed E-state index contributed by atoms with van der Waals surface area (Å²) in [5.41, 5.74) is 2.54. The van der Waals surface area contributed by atoms with Gasteiger partial charge in [-0.25, -0.2) is 0 Å². The normalized spacial score (nSPS) is 11.4. The average Bonchev–Trinajstić information content (AvgIpc) is 2.79. The number of anilines is 1. The molecule has 0 saturated heterocycles. The van der Waals surface area contributed by atoms with Crippen molar-refractivity contribution in [3.05, 3.63) is 83.9 Å². The van der Waals surface area contributed by atoms with Crippen LogP contribution in [0, 0.1) is 0 Å². The molecular weight excluding hydrogens is 366 g/mol. The molecule has 0 spiro atoms. The third-order valence-electron chi connectivity index (χ3n) is 4.73. The molecule has 5 nitrogen and oxygen atoms in total. The van der Waals surface area contributed by atoms with Crippen LogP contribution < -0.4 is 19.5 Å². The summed E-state index contributed by atoms with van der Waals surface area (Å²) < 4.78 is 15.8. The summed E-state index contributed by atoms with van der Waals surface area (Å²) >= 11 is 0. The molecule has 5 heteroatoms. The van der Waals surface area contributed by atoms with Crippen LogP contribution in [0.4, 0.5) is 5.69 Å². The topological polar surface area (TPSA) is 56.8 Å². The van der Waals surface area contributed by atoms with Crippen LogP contribution in [0.15, 0.2) is 72.8 Å². The van der Waals surface area contributed by atoms with Gasteiger partial charge in [-0.05, 0) is 48.0 Å². The smallest absolute Gasteiger partial charge is 0.165 e. The highest BCUT2D eigenvalue weighted by Gasteiger charge is 2.19. The molecular formula is C24H25NO4. The van der Waals surface area contributed by atoms with Crippen molar-refractivity contribution in [3.8, 4) is 17.2 Å². The summed E-state index contributed by atoms with van der Waals surface area (Å²) in [5, 5.41) is 3.47. The summed E-state index contributed by atoms with van der Waals surface area (Å²) in [6, 6.07) is 22.7. The lowest BCUT2D eigenvalue weighted by Crippen LogP contribution is -2.16. The van der Waals surface area contributed by atoms with Crippen molar-refractivity contribution in [2.24, 2.45) is 0 Å². The maximum absolute atomic E-state index is 13.0. The summed E-state index contributed by atoms with van der Waals surface area (Å²) in [6.07, 6.45) is 0.297. The molecule has 0 amide bonds. The number of methoxy groups -OCH3 is 3. The van der Waals surface area contributed by atoms with E-state index in [1.54, 1.807) is 39.5 Å². The molecule has 0 radical (unpaired) electrons. The lowest BCUT2D eigenvalue weighted by molar-refractivity contribution is 0.0976. The van der Waals surface area contributed by atoms with Crippen LogP contribution in [0.25, 0.3) is 0 Å². The minimum absolute atomic E-state index is 0.0146. The van der Waals surface area contributed by atoms with Gasteiger partial charge in [-0.2, -0.15) is 0 Å². The number of carbonyl (C=O) groups excluding carboxylic acids is 1. The summed E-state index contributed by atoms with van der Waals surface area (Å²) in [5.74, 6) is 1.94. The minimum atomic E-state index is -0.176. The first kappa shape index (κ1) is 20.3. The zero-order valence-electron chi connectivity index (χ0n) is 16.8. The Hall–Kier alpha value is -3.47. The van der Waals surface area contributed by atoms with Crippen LogP contribution in [0.2, 0.25) is 0 Å². The first-order valence-corrected chi connectivity index (χ1v) is 9.35. The van der Waals surface area contributed by atoms with E-state index in [4.69, 9.17) is 14.2 Å². The highest BCUT2D eigenvalue weighted by molar-refractivity contribution is 5.97. The van der Waals surface area contributed by atoms with Gasteiger partial charge in [-0.3, -0.25) is 4.79 Å². The molecule has 3 aromatic rings. The molecule has 150 valence electrons. The third kappa shape index (κ3) is 5.08. The van der Waals surface area contributed by atoms with Gasteiger partial charge in [-0.15, -0.1) is 0 Å². The highest BCUT2D eigenvalue weighted by Crippen LogP contribution is 2.30. The minimum Gasteiger partial charge on any atom is -0.497 e. The molecule has 0 bridgehead atoms. The maximum Gasteiger partial charge on any atom is 0.165 e. The molecule has 3 aromatic carbocycles. The second kappa shape index (κ2) is 9.64. The van der Waals surface area contributed by atoms with Crippen molar-refractivity contribution in [1.29, 1.82) is 0 Å². The van der Waals surface area contributed by atoms with E-state index in [-0.39, 0.29) is 11.8 Å². The van der Waals surface area contributed by atoms with Crippen LogP contribution in [0.1, 0.15) is 28.4 Å². The number of rotatable bonds is 9. The number of benzene rings is 3. The predicted molar refractivity (Wildman–Crippen MR) is 114 cm³/mol. The standard InChI is InChI=1S/C24H25NO4/c1-27-20-12-10-19(11-13-20)25-21(17-7-5-4-6-8-17)16-22(26)18-9-14-23(28-2)24(15-18)29-3/h4-15,21,25H,16H2,1-3H3. The van der Waals surface area contributed by atoms with Crippen LogP contribution in [-0.4, -0.2) is 27.1 Å². The van der Waals surface area contributed by atoms with Crippen LogP contribution in [0.3, 0.4) is 0 Å². The number of carbonyl (C=O) groups is 1. The zero-order chi connectivity index (χ0) is 20.6. The van der Waals surface area contributed by atoms with Crippen LogP contribution >= 0.6 is 0 Å². The lowest BCUT2D eigenvalue weighted by Gasteiger charge is -2.20. The van der Waals surface area contributed by atoms with Crippen molar-refractivity contribution < 1.29 is 19.0 Å². The van der Waals surface area contributed by atoms with E-state index in [0.29, 0.717) is 23.5 Å². The van der Waals surface area contributed by atoms with E-state index in [9.17, 15) is 4.79 Å². The Balaban J connectivity index is 1.83. The van der Waals surface area contributed by atoms with Crippen molar-refractivity contribution in [3.63, 3.8) is 0 Å².